The van der Waals surface area contributed by atoms with Crippen molar-refractivity contribution < 1.29 is 9.32 Å². The van der Waals surface area contributed by atoms with Gasteiger partial charge in [0.05, 0.1) is 17.0 Å². The van der Waals surface area contributed by atoms with E-state index in [-0.39, 0.29) is 17.7 Å². The molecule has 0 saturated carbocycles. The lowest BCUT2D eigenvalue weighted by Crippen LogP contribution is -2.41. The van der Waals surface area contributed by atoms with E-state index in [1.54, 1.807) is 0 Å². The molecule has 1 aliphatic rings. The van der Waals surface area contributed by atoms with Crippen molar-refractivity contribution in [3.8, 4) is 11.1 Å². The average molecular weight is 371 g/mol. The van der Waals surface area contributed by atoms with Crippen LogP contribution in [-0.2, 0) is 4.79 Å². The van der Waals surface area contributed by atoms with Gasteiger partial charge < -0.3 is 14.3 Å². The molecule has 0 spiro atoms. The highest BCUT2D eigenvalue weighted by atomic mass is 16.5. The van der Waals surface area contributed by atoms with E-state index in [9.17, 15) is 4.79 Å². The van der Waals surface area contributed by atoms with Crippen LogP contribution in [0.5, 0.6) is 0 Å². The Bertz CT molecular complexity index is 808. The third-order valence-corrected chi connectivity index (χ3v) is 5.12. The van der Waals surface area contributed by atoms with Crippen molar-refractivity contribution in [2.24, 2.45) is 5.92 Å². The Morgan fingerprint density at radius 3 is 2.67 bits per heavy atom. The summed E-state index contributed by atoms with van der Waals surface area (Å²) in [4.78, 5) is 25.8. The second-order valence-corrected chi connectivity index (χ2v) is 7.84. The van der Waals surface area contributed by atoms with Gasteiger partial charge in [-0.2, -0.15) is 0 Å². The van der Waals surface area contributed by atoms with Gasteiger partial charge in [-0.3, -0.25) is 4.79 Å². The number of piperidine rings is 1. The topological polar surface area (TPSA) is 75.4 Å². The van der Waals surface area contributed by atoms with Crippen LogP contribution >= 0.6 is 0 Å². The van der Waals surface area contributed by atoms with Crippen LogP contribution in [0.2, 0.25) is 0 Å². The minimum Gasteiger partial charge on any atom is -0.361 e. The fourth-order valence-electron chi connectivity index (χ4n) is 3.74. The van der Waals surface area contributed by atoms with Gasteiger partial charge in [0, 0.05) is 50.8 Å². The molecule has 146 valence electrons. The number of anilines is 1. The summed E-state index contributed by atoms with van der Waals surface area (Å²) < 4.78 is 5.38. The first-order valence-electron chi connectivity index (χ1n) is 9.55. The number of rotatable bonds is 4. The second-order valence-electron chi connectivity index (χ2n) is 7.84. The molecule has 0 unspecified atom stereocenters. The molecule has 3 rings (SSSR count). The van der Waals surface area contributed by atoms with Crippen LogP contribution in [0.15, 0.2) is 10.7 Å². The lowest BCUT2D eigenvalue weighted by molar-refractivity contribution is -0.135. The molecular formula is C20H29N5O2. The fraction of sp³-hybridized carbons (Fsp3) is 0.600. The maximum absolute atomic E-state index is 12.5. The Hall–Kier alpha value is -2.44. The molecule has 7 heteroatoms. The van der Waals surface area contributed by atoms with Crippen LogP contribution in [0.3, 0.4) is 0 Å². The number of aromatic nitrogens is 3. The summed E-state index contributed by atoms with van der Waals surface area (Å²) in [6.45, 7) is 9.27. The summed E-state index contributed by atoms with van der Waals surface area (Å²) in [6, 6.07) is 0. The SMILES string of the molecule is Cc1noc(C)c1-c1cnc(N(C)C)nc1[C@@H]1CCCN(C(=O)C(C)C)C1. The van der Waals surface area contributed by atoms with E-state index >= 15 is 0 Å². The van der Waals surface area contributed by atoms with Crippen molar-refractivity contribution in [3.63, 3.8) is 0 Å². The highest BCUT2D eigenvalue weighted by molar-refractivity contribution is 5.78. The molecule has 1 fully saturated rings. The molecule has 1 amide bonds. The monoisotopic (exact) mass is 371 g/mol. The minimum atomic E-state index is 0.00789. The number of aryl methyl sites for hydroxylation is 2. The van der Waals surface area contributed by atoms with Gasteiger partial charge in [0.2, 0.25) is 11.9 Å². The average Bonchev–Trinajstić information content (AvgIpc) is 2.98. The van der Waals surface area contributed by atoms with Gasteiger partial charge >= 0.3 is 0 Å². The number of carbonyl (C=O) groups is 1. The normalized spacial score (nSPS) is 17.4. The Kier molecular flexibility index (Phi) is 5.48. The third kappa shape index (κ3) is 3.82. The van der Waals surface area contributed by atoms with Crippen LogP contribution in [0.1, 0.15) is 49.8 Å². The fourth-order valence-corrected chi connectivity index (χ4v) is 3.74. The first kappa shape index (κ1) is 19.3. The van der Waals surface area contributed by atoms with Crippen molar-refractivity contribution in [1.82, 2.24) is 20.0 Å². The molecule has 1 atom stereocenters. The van der Waals surface area contributed by atoms with Crippen LogP contribution in [-0.4, -0.2) is 53.1 Å². The van der Waals surface area contributed by atoms with Gasteiger partial charge in [0.25, 0.3) is 0 Å². The standard InChI is InChI=1S/C20H29N5O2/c1-12(2)19(26)25-9-7-8-15(11-25)18-16(10-21-20(22-18)24(5)6)17-13(3)23-27-14(17)4/h10,12,15H,7-9,11H2,1-6H3/t15-/m1/s1. The molecule has 0 radical (unpaired) electrons. The molecular weight excluding hydrogens is 342 g/mol. The van der Waals surface area contributed by atoms with Crippen molar-refractivity contribution >= 4 is 11.9 Å². The molecule has 3 heterocycles. The molecule has 2 aromatic rings. The summed E-state index contributed by atoms with van der Waals surface area (Å²) >= 11 is 0. The number of hydrogen-bond acceptors (Lipinski definition) is 6. The van der Waals surface area contributed by atoms with E-state index in [0.717, 1.165) is 47.7 Å². The van der Waals surface area contributed by atoms with E-state index < -0.39 is 0 Å². The third-order valence-electron chi connectivity index (χ3n) is 5.12. The summed E-state index contributed by atoms with van der Waals surface area (Å²) in [5.41, 5.74) is 3.73. The van der Waals surface area contributed by atoms with Crippen molar-refractivity contribution in [2.45, 2.75) is 46.5 Å². The first-order chi connectivity index (χ1) is 12.8. The van der Waals surface area contributed by atoms with E-state index in [2.05, 4.69) is 10.1 Å². The van der Waals surface area contributed by atoms with Gasteiger partial charge in [-0.05, 0) is 26.7 Å². The van der Waals surface area contributed by atoms with Crippen LogP contribution in [0.25, 0.3) is 11.1 Å². The quantitative estimate of drug-likeness (QED) is 0.822. The van der Waals surface area contributed by atoms with Crippen molar-refractivity contribution in [1.29, 1.82) is 0 Å². The Labute approximate surface area is 160 Å². The summed E-state index contributed by atoms with van der Waals surface area (Å²) in [5, 5.41) is 4.10. The summed E-state index contributed by atoms with van der Waals surface area (Å²) in [5.74, 6) is 1.83. The number of nitrogens with zero attached hydrogens (tertiary/aromatic N) is 5. The predicted molar refractivity (Wildman–Crippen MR) is 105 cm³/mol. The molecule has 1 saturated heterocycles. The summed E-state index contributed by atoms with van der Waals surface area (Å²) in [6.07, 6.45) is 3.85. The second kappa shape index (κ2) is 7.66. The lowest BCUT2D eigenvalue weighted by atomic mass is 9.89. The molecule has 0 aromatic carbocycles. The van der Waals surface area contributed by atoms with E-state index in [1.165, 1.54) is 0 Å². The Morgan fingerprint density at radius 1 is 1.33 bits per heavy atom. The van der Waals surface area contributed by atoms with Gasteiger partial charge in [-0.15, -0.1) is 0 Å². The summed E-state index contributed by atoms with van der Waals surface area (Å²) in [7, 11) is 3.87. The van der Waals surface area contributed by atoms with Crippen LogP contribution < -0.4 is 4.90 Å². The maximum atomic E-state index is 12.5. The lowest BCUT2D eigenvalue weighted by Gasteiger charge is -2.34. The van der Waals surface area contributed by atoms with Crippen molar-refractivity contribution in [2.75, 3.05) is 32.1 Å². The van der Waals surface area contributed by atoms with Gasteiger partial charge in [-0.1, -0.05) is 19.0 Å². The molecule has 0 bridgehead atoms. The number of hydrogen-bond donors (Lipinski definition) is 0. The first-order valence-corrected chi connectivity index (χ1v) is 9.55. The minimum absolute atomic E-state index is 0.00789. The zero-order valence-electron chi connectivity index (χ0n) is 17.1. The smallest absolute Gasteiger partial charge is 0.225 e. The molecule has 0 aliphatic carbocycles. The van der Waals surface area contributed by atoms with E-state index in [0.29, 0.717) is 12.5 Å². The van der Waals surface area contributed by atoms with Gasteiger partial charge in [0.1, 0.15) is 5.76 Å². The van der Waals surface area contributed by atoms with E-state index in [4.69, 9.17) is 9.51 Å². The van der Waals surface area contributed by atoms with E-state index in [1.807, 2.05) is 57.8 Å². The highest BCUT2D eigenvalue weighted by Gasteiger charge is 2.30. The van der Waals surface area contributed by atoms with Gasteiger partial charge in [0.15, 0.2) is 0 Å². The predicted octanol–water partition coefficient (Wildman–Crippen LogP) is 3.18. The van der Waals surface area contributed by atoms with Crippen LogP contribution in [0, 0.1) is 19.8 Å². The van der Waals surface area contributed by atoms with Crippen LogP contribution in [0.4, 0.5) is 5.95 Å². The molecule has 7 nitrogen and oxygen atoms in total. The highest BCUT2D eigenvalue weighted by Crippen LogP contribution is 2.36. The zero-order chi connectivity index (χ0) is 19.7. The van der Waals surface area contributed by atoms with Gasteiger partial charge in [-0.25, -0.2) is 9.97 Å². The largest absolute Gasteiger partial charge is 0.361 e. The molecule has 0 N–H and O–H groups in total. The maximum Gasteiger partial charge on any atom is 0.225 e. The Balaban J connectivity index is 2.04. The van der Waals surface area contributed by atoms with Crippen molar-refractivity contribution in [3.05, 3.63) is 23.3 Å². The zero-order valence-corrected chi connectivity index (χ0v) is 17.1. The number of likely N-dealkylation sites (tertiary alicyclic amines) is 1. The number of carbonyl (C=O) groups excluding carboxylic acids is 1. The Morgan fingerprint density at radius 2 is 2.07 bits per heavy atom. The number of amides is 1. The molecule has 2 aromatic heterocycles. The molecule has 1 aliphatic heterocycles. The molecule has 27 heavy (non-hydrogen) atoms.